The molecule has 2 fully saturated rings. The lowest BCUT2D eigenvalue weighted by Crippen LogP contribution is -2.47. The molecule has 0 aromatic heterocycles. The van der Waals surface area contributed by atoms with Gasteiger partial charge in [0.15, 0.2) is 0 Å². The third kappa shape index (κ3) is 2.81. The summed E-state index contributed by atoms with van der Waals surface area (Å²) in [4.78, 5) is 2.60. The van der Waals surface area contributed by atoms with Crippen molar-refractivity contribution in [2.45, 2.75) is 64.1 Å². The van der Waals surface area contributed by atoms with Gasteiger partial charge in [0.2, 0.25) is 0 Å². The van der Waals surface area contributed by atoms with E-state index in [-0.39, 0.29) is 5.54 Å². The molecule has 3 unspecified atom stereocenters. The fourth-order valence-corrected chi connectivity index (χ4v) is 3.45. The van der Waals surface area contributed by atoms with E-state index < -0.39 is 0 Å². The maximum absolute atomic E-state index is 9.45. The summed E-state index contributed by atoms with van der Waals surface area (Å²) in [5.41, 5.74) is -0.259. The van der Waals surface area contributed by atoms with Crippen LogP contribution >= 0.6 is 0 Å². The van der Waals surface area contributed by atoms with Crippen LogP contribution in [0.1, 0.15) is 46.5 Å². The monoisotopic (exact) mass is 235 g/mol. The van der Waals surface area contributed by atoms with Crippen molar-refractivity contribution in [1.29, 1.82) is 5.26 Å². The van der Waals surface area contributed by atoms with E-state index >= 15 is 0 Å². The first kappa shape index (κ1) is 12.9. The molecule has 2 aliphatic rings. The fourth-order valence-electron chi connectivity index (χ4n) is 3.45. The molecule has 1 heterocycles. The SMILES string of the molecule is CC1CCN(C2CCC(C#N)(NC(C)C)C2)C1. The summed E-state index contributed by atoms with van der Waals surface area (Å²) in [5.74, 6) is 0.838. The second kappa shape index (κ2) is 4.96. The van der Waals surface area contributed by atoms with E-state index in [0.717, 1.165) is 18.8 Å². The van der Waals surface area contributed by atoms with Gasteiger partial charge in [-0.1, -0.05) is 6.92 Å². The predicted molar refractivity (Wildman–Crippen MR) is 69.6 cm³/mol. The Morgan fingerprint density at radius 3 is 2.71 bits per heavy atom. The maximum atomic E-state index is 9.45. The largest absolute Gasteiger partial charge is 0.300 e. The van der Waals surface area contributed by atoms with Gasteiger partial charge in [0.25, 0.3) is 0 Å². The van der Waals surface area contributed by atoms with Crippen molar-refractivity contribution in [3.8, 4) is 6.07 Å². The zero-order chi connectivity index (χ0) is 12.5. The van der Waals surface area contributed by atoms with E-state index in [1.54, 1.807) is 0 Å². The highest BCUT2D eigenvalue weighted by atomic mass is 15.2. The average Bonchev–Trinajstić information content (AvgIpc) is 2.85. The minimum absolute atomic E-state index is 0.259. The Balaban J connectivity index is 1.96. The summed E-state index contributed by atoms with van der Waals surface area (Å²) >= 11 is 0. The first-order valence-electron chi connectivity index (χ1n) is 6.98. The average molecular weight is 235 g/mol. The molecule has 0 aromatic rings. The van der Waals surface area contributed by atoms with Crippen molar-refractivity contribution in [1.82, 2.24) is 10.2 Å². The van der Waals surface area contributed by atoms with E-state index in [1.807, 2.05) is 0 Å². The molecule has 1 aliphatic carbocycles. The topological polar surface area (TPSA) is 39.1 Å². The van der Waals surface area contributed by atoms with Gasteiger partial charge >= 0.3 is 0 Å². The van der Waals surface area contributed by atoms with Crippen molar-refractivity contribution in [2.75, 3.05) is 13.1 Å². The highest BCUT2D eigenvalue weighted by Gasteiger charge is 2.42. The van der Waals surface area contributed by atoms with Crippen molar-refractivity contribution >= 4 is 0 Å². The second-order valence-electron chi connectivity index (χ2n) is 6.28. The molecule has 1 N–H and O–H groups in total. The number of rotatable bonds is 3. The van der Waals surface area contributed by atoms with Crippen LogP contribution in [0.4, 0.5) is 0 Å². The minimum Gasteiger partial charge on any atom is -0.300 e. The van der Waals surface area contributed by atoms with Crippen LogP contribution in [0.3, 0.4) is 0 Å². The van der Waals surface area contributed by atoms with Crippen LogP contribution in [-0.2, 0) is 0 Å². The van der Waals surface area contributed by atoms with Crippen molar-refractivity contribution in [3.05, 3.63) is 0 Å². The molecule has 3 nitrogen and oxygen atoms in total. The van der Waals surface area contributed by atoms with Gasteiger partial charge in [-0.15, -0.1) is 0 Å². The molecule has 96 valence electrons. The summed E-state index contributed by atoms with van der Waals surface area (Å²) in [5, 5.41) is 12.9. The number of hydrogen-bond donors (Lipinski definition) is 1. The van der Waals surface area contributed by atoms with Crippen molar-refractivity contribution in [3.63, 3.8) is 0 Å². The molecule has 3 atom stereocenters. The van der Waals surface area contributed by atoms with Crippen LogP contribution in [0.15, 0.2) is 0 Å². The Morgan fingerprint density at radius 2 is 2.18 bits per heavy atom. The maximum Gasteiger partial charge on any atom is 0.108 e. The molecule has 0 aromatic carbocycles. The van der Waals surface area contributed by atoms with Gasteiger partial charge in [0.1, 0.15) is 5.54 Å². The summed E-state index contributed by atoms with van der Waals surface area (Å²) in [6.45, 7) is 9.05. The number of nitrogens with zero attached hydrogens (tertiary/aromatic N) is 2. The predicted octanol–water partition coefficient (Wildman–Crippen LogP) is 2.14. The molecule has 1 saturated carbocycles. The van der Waals surface area contributed by atoms with E-state index in [1.165, 1.54) is 25.9 Å². The zero-order valence-corrected chi connectivity index (χ0v) is 11.4. The van der Waals surface area contributed by atoms with Crippen LogP contribution in [0.25, 0.3) is 0 Å². The Kier molecular flexibility index (Phi) is 3.75. The third-order valence-electron chi connectivity index (χ3n) is 4.24. The van der Waals surface area contributed by atoms with Crippen LogP contribution < -0.4 is 5.32 Å². The van der Waals surface area contributed by atoms with Crippen LogP contribution in [-0.4, -0.2) is 35.6 Å². The van der Waals surface area contributed by atoms with E-state index in [9.17, 15) is 5.26 Å². The number of likely N-dealkylation sites (tertiary alicyclic amines) is 1. The first-order valence-corrected chi connectivity index (χ1v) is 6.98. The molecular formula is C14H25N3. The molecule has 0 radical (unpaired) electrons. The van der Waals surface area contributed by atoms with Gasteiger partial charge in [0.05, 0.1) is 6.07 Å². The summed E-state index contributed by atoms with van der Waals surface area (Å²) in [6.07, 6.45) is 4.53. The summed E-state index contributed by atoms with van der Waals surface area (Å²) in [7, 11) is 0. The van der Waals surface area contributed by atoms with Crippen LogP contribution in [0.5, 0.6) is 0 Å². The zero-order valence-electron chi connectivity index (χ0n) is 11.4. The number of nitrogens with one attached hydrogen (secondary N) is 1. The molecule has 0 bridgehead atoms. The van der Waals surface area contributed by atoms with Gasteiger partial charge in [-0.25, -0.2) is 0 Å². The second-order valence-corrected chi connectivity index (χ2v) is 6.28. The highest BCUT2D eigenvalue weighted by molar-refractivity contribution is 5.14. The van der Waals surface area contributed by atoms with Gasteiger partial charge in [0, 0.05) is 18.6 Å². The Bertz CT molecular complexity index is 307. The molecular weight excluding hydrogens is 210 g/mol. The first-order chi connectivity index (χ1) is 8.04. The fraction of sp³-hybridized carbons (Fsp3) is 0.929. The van der Waals surface area contributed by atoms with Gasteiger partial charge < -0.3 is 4.90 Å². The molecule has 1 saturated heterocycles. The summed E-state index contributed by atoms with van der Waals surface area (Å²) < 4.78 is 0. The van der Waals surface area contributed by atoms with Crippen LogP contribution in [0.2, 0.25) is 0 Å². The number of hydrogen-bond acceptors (Lipinski definition) is 3. The standard InChI is InChI=1S/C14H25N3/c1-11(2)16-14(10-15)6-4-13(8-14)17-7-5-12(3)9-17/h11-13,16H,4-9H2,1-3H3. The lowest BCUT2D eigenvalue weighted by Gasteiger charge is -2.28. The molecule has 3 heteroatoms. The van der Waals surface area contributed by atoms with Gasteiger partial charge in [-0.05, 0) is 52.0 Å². The molecule has 0 amide bonds. The Labute approximate surface area is 105 Å². The molecule has 1 aliphatic heterocycles. The lowest BCUT2D eigenvalue weighted by molar-refractivity contribution is 0.228. The van der Waals surface area contributed by atoms with E-state index in [0.29, 0.717) is 12.1 Å². The van der Waals surface area contributed by atoms with E-state index in [4.69, 9.17) is 0 Å². The Hall–Kier alpha value is -0.590. The minimum atomic E-state index is -0.259. The molecule has 2 rings (SSSR count). The lowest BCUT2D eigenvalue weighted by atomic mass is 9.98. The highest BCUT2D eigenvalue weighted by Crippen LogP contribution is 2.35. The van der Waals surface area contributed by atoms with Crippen molar-refractivity contribution < 1.29 is 0 Å². The number of nitriles is 1. The quantitative estimate of drug-likeness (QED) is 0.814. The third-order valence-corrected chi connectivity index (χ3v) is 4.24. The van der Waals surface area contributed by atoms with Crippen molar-refractivity contribution in [2.24, 2.45) is 5.92 Å². The smallest absolute Gasteiger partial charge is 0.108 e. The Morgan fingerprint density at radius 1 is 1.41 bits per heavy atom. The van der Waals surface area contributed by atoms with E-state index in [2.05, 4.69) is 37.1 Å². The van der Waals surface area contributed by atoms with Gasteiger partial charge in [-0.3, -0.25) is 5.32 Å². The van der Waals surface area contributed by atoms with Gasteiger partial charge in [-0.2, -0.15) is 5.26 Å². The summed E-state index contributed by atoms with van der Waals surface area (Å²) in [6, 6.07) is 3.56. The normalized spacial score (nSPS) is 38.8. The molecule has 17 heavy (non-hydrogen) atoms. The molecule has 0 spiro atoms. The van der Waals surface area contributed by atoms with Crippen LogP contribution in [0, 0.1) is 17.2 Å².